The molecule has 1 fully saturated rings. The molecule has 1 N–H and O–H groups in total. The first kappa shape index (κ1) is 17.4. The van der Waals surface area contributed by atoms with Crippen LogP contribution in [-0.4, -0.2) is 21.2 Å². The number of carbonyl (C=O) groups is 1. The van der Waals surface area contributed by atoms with Crippen molar-refractivity contribution in [2.75, 3.05) is 11.1 Å². The summed E-state index contributed by atoms with van der Waals surface area (Å²) in [5.74, 6) is 0.333. The van der Waals surface area contributed by atoms with Gasteiger partial charge in [0.05, 0.1) is 5.75 Å². The van der Waals surface area contributed by atoms with E-state index in [0.717, 1.165) is 34.8 Å². The van der Waals surface area contributed by atoms with Gasteiger partial charge in [0.15, 0.2) is 5.16 Å². The molecule has 6 heteroatoms. The molecule has 0 saturated heterocycles. The standard InChI is InChI=1S/C18H22ClN3OS/c1-3-12-5-8-15(19)14(4-2)17(12)21-16(23)11-24-18-20-9-10-22(18)13-6-7-13/h5,8-10,13H,3-4,6-7,11H2,1-2H3,(H,21,23). The Morgan fingerprint density at radius 3 is 2.83 bits per heavy atom. The normalized spacial score (nSPS) is 14.0. The molecule has 0 bridgehead atoms. The molecule has 1 aliphatic rings. The Morgan fingerprint density at radius 2 is 2.17 bits per heavy atom. The zero-order chi connectivity index (χ0) is 17.1. The summed E-state index contributed by atoms with van der Waals surface area (Å²) in [5.41, 5.74) is 3.01. The Labute approximate surface area is 152 Å². The van der Waals surface area contributed by atoms with E-state index in [9.17, 15) is 4.79 Å². The monoisotopic (exact) mass is 363 g/mol. The minimum absolute atomic E-state index is 0.0167. The van der Waals surface area contributed by atoms with Gasteiger partial charge in [-0.25, -0.2) is 4.98 Å². The number of rotatable bonds is 7. The lowest BCUT2D eigenvalue weighted by Crippen LogP contribution is -2.17. The second-order valence-electron chi connectivity index (χ2n) is 5.95. The maximum atomic E-state index is 12.4. The Hall–Kier alpha value is -1.46. The van der Waals surface area contributed by atoms with Gasteiger partial charge in [0.2, 0.25) is 5.91 Å². The third kappa shape index (κ3) is 3.78. The number of aromatic nitrogens is 2. The zero-order valence-electron chi connectivity index (χ0n) is 14.0. The van der Waals surface area contributed by atoms with Crippen molar-refractivity contribution in [1.29, 1.82) is 0 Å². The van der Waals surface area contributed by atoms with Crippen LogP contribution in [-0.2, 0) is 17.6 Å². The predicted octanol–water partition coefficient (Wildman–Crippen LogP) is 4.73. The molecule has 1 aliphatic carbocycles. The van der Waals surface area contributed by atoms with Gasteiger partial charge in [0.1, 0.15) is 0 Å². The lowest BCUT2D eigenvalue weighted by atomic mass is 10.0. The molecular weight excluding hydrogens is 342 g/mol. The molecule has 2 aromatic rings. The third-order valence-electron chi connectivity index (χ3n) is 4.25. The summed E-state index contributed by atoms with van der Waals surface area (Å²) in [6.07, 6.45) is 7.87. The van der Waals surface area contributed by atoms with Gasteiger partial charge in [0.25, 0.3) is 0 Å². The van der Waals surface area contributed by atoms with Gasteiger partial charge in [-0.2, -0.15) is 0 Å². The van der Waals surface area contributed by atoms with Crippen LogP contribution < -0.4 is 5.32 Å². The average molecular weight is 364 g/mol. The molecule has 128 valence electrons. The van der Waals surface area contributed by atoms with Gasteiger partial charge in [0, 0.05) is 29.1 Å². The lowest BCUT2D eigenvalue weighted by Gasteiger charge is -2.16. The molecule has 1 amide bonds. The smallest absolute Gasteiger partial charge is 0.234 e. The minimum Gasteiger partial charge on any atom is -0.325 e. The van der Waals surface area contributed by atoms with Crippen LogP contribution in [0.3, 0.4) is 0 Å². The van der Waals surface area contributed by atoms with E-state index in [1.54, 1.807) is 6.20 Å². The maximum Gasteiger partial charge on any atom is 0.234 e. The fraction of sp³-hybridized carbons (Fsp3) is 0.444. The number of thioether (sulfide) groups is 1. The molecule has 1 heterocycles. The van der Waals surface area contributed by atoms with Crippen LogP contribution in [0.15, 0.2) is 29.7 Å². The first-order valence-corrected chi connectivity index (χ1v) is 9.76. The van der Waals surface area contributed by atoms with Crippen LogP contribution in [0.2, 0.25) is 5.02 Å². The molecule has 1 saturated carbocycles. The van der Waals surface area contributed by atoms with Crippen molar-refractivity contribution in [2.24, 2.45) is 0 Å². The highest BCUT2D eigenvalue weighted by Crippen LogP contribution is 2.37. The maximum absolute atomic E-state index is 12.4. The van der Waals surface area contributed by atoms with Gasteiger partial charge in [-0.3, -0.25) is 4.79 Å². The average Bonchev–Trinajstić information content (AvgIpc) is 3.31. The van der Waals surface area contributed by atoms with Crippen molar-refractivity contribution in [3.8, 4) is 0 Å². The van der Waals surface area contributed by atoms with Crippen LogP contribution in [0.25, 0.3) is 0 Å². The van der Waals surface area contributed by atoms with Crippen molar-refractivity contribution in [1.82, 2.24) is 9.55 Å². The number of anilines is 1. The van der Waals surface area contributed by atoms with Crippen molar-refractivity contribution in [3.05, 3.63) is 40.7 Å². The molecular formula is C18H22ClN3OS. The fourth-order valence-corrected chi connectivity index (χ4v) is 3.93. The van der Waals surface area contributed by atoms with Crippen molar-refractivity contribution >= 4 is 35.0 Å². The largest absolute Gasteiger partial charge is 0.325 e. The number of hydrogen-bond acceptors (Lipinski definition) is 3. The van der Waals surface area contributed by atoms with Gasteiger partial charge in [-0.1, -0.05) is 43.3 Å². The molecule has 0 aliphatic heterocycles. The molecule has 24 heavy (non-hydrogen) atoms. The number of amides is 1. The molecule has 1 aromatic heterocycles. The summed E-state index contributed by atoms with van der Waals surface area (Å²) >= 11 is 7.78. The third-order valence-corrected chi connectivity index (χ3v) is 5.58. The van der Waals surface area contributed by atoms with Gasteiger partial charge in [-0.05, 0) is 42.9 Å². The second kappa shape index (κ2) is 7.62. The molecule has 1 aromatic carbocycles. The first-order valence-electron chi connectivity index (χ1n) is 8.39. The minimum atomic E-state index is -0.0167. The number of halogens is 1. The first-order chi connectivity index (χ1) is 11.6. The van der Waals surface area contributed by atoms with Crippen LogP contribution in [0.5, 0.6) is 0 Å². The summed E-state index contributed by atoms with van der Waals surface area (Å²) in [6, 6.07) is 4.48. The number of benzene rings is 1. The number of hydrogen-bond donors (Lipinski definition) is 1. The van der Waals surface area contributed by atoms with E-state index in [0.29, 0.717) is 16.8 Å². The van der Waals surface area contributed by atoms with E-state index < -0.39 is 0 Å². The zero-order valence-corrected chi connectivity index (χ0v) is 15.6. The molecule has 3 rings (SSSR count). The predicted molar refractivity (Wildman–Crippen MR) is 100 cm³/mol. The van der Waals surface area contributed by atoms with Crippen LogP contribution >= 0.6 is 23.4 Å². The summed E-state index contributed by atoms with van der Waals surface area (Å²) in [6.45, 7) is 4.14. The van der Waals surface area contributed by atoms with E-state index >= 15 is 0 Å². The highest BCUT2D eigenvalue weighted by molar-refractivity contribution is 7.99. The van der Waals surface area contributed by atoms with Crippen LogP contribution in [0.4, 0.5) is 5.69 Å². The van der Waals surface area contributed by atoms with Crippen LogP contribution in [0, 0.1) is 0 Å². The lowest BCUT2D eigenvalue weighted by molar-refractivity contribution is -0.113. The summed E-state index contributed by atoms with van der Waals surface area (Å²) in [4.78, 5) is 16.8. The van der Waals surface area contributed by atoms with Crippen molar-refractivity contribution < 1.29 is 4.79 Å². The number of nitrogens with one attached hydrogen (secondary N) is 1. The summed E-state index contributed by atoms with van der Waals surface area (Å²) < 4.78 is 2.17. The Morgan fingerprint density at radius 1 is 1.38 bits per heavy atom. The van der Waals surface area contributed by atoms with Crippen molar-refractivity contribution in [3.63, 3.8) is 0 Å². The fourth-order valence-electron chi connectivity index (χ4n) is 2.81. The van der Waals surface area contributed by atoms with Gasteiger partial charge in [-0.15, -0.1) is 0 Å². The molecule has 0 atom stereocenters. The number of imidazole rings is 1. The Bertz CT molecular complexity index is 740. The highest BCUT2D eigenvalue weighted by atomic mass is 35.5. The highest BCUT2D eigenvalue weighted by Gasteiger charge is 2.25. The summed E-state index contributed by atoms with van der Waals surface area (Å²) in [5, 5.41) is 4.70. The Kier molecular flexibility index (Phi) is 5.51. The number of nitrogens with zero attached hydrogens (tertiary/aromatic N) is 2. The molecule has 0 spiro atoms. The van der Waals surface area contributed by atoms with Crippen LogP contribution in [0.1, 0.15) is 43.9 Å². The molecule has 0 unspecified atom stereocenters. The quantitative estimate of drug-likeness (QED) is 0.723. The number of aryl methyl sites for hydroxylation is 1. The number of carbonyl (C=O) groups excluding carboxylic acids is 1. The molecule has 4 nitrogen and oxygen atoms in total. The SMILES string of the molecule is CCc1ccc(Cl)c(CC)c1NC(=O)CSc1nccn1C1CC1. The second-order valence-corrected chi connectivity index (χ2v) is 7.30. The molecule has 0 radical (unpaired) electrons. The van der Waals surface area contributed by atoms with Gasteiger partial charge < -0.3 is 9.88 Å². The van der Waals surface area contributed by atoms with E-state index in [-0.39, 0.29) is 5.91 Å². The van der Waals surface area contributed by atoms with E-state index in [2.05, 4.69) is 28.7 Å². The summed E-state index contributed by atoms with van der Waals surface area (Å²) in [7, 11) is 0. The Balaban J connectivity index is 1.68. The van der Waals surface area contributed by atoms with Gasteiger partial charge >= 0.3 is 0 Å². The van der Waals surface area contributed by atoms with E-state index in [1.165, 1.54) is 24.6 Å². The van der Waals surface area contributed by atoms with E-state index in [4.69, 9.17) is 11.6 Å². The van der Waals surface area contributed by atoms with E-state index in [1.807, 2.05) is 18.3 Å². The van der Waals surface area contributed by atoms with Crippen molar-refractivity contribution in [2.45, 2.75) is 50.7 Å². The topological polar surface area (TPSA) is 46.9 Å².